The molecule has 33 heavy (non-hydrogen) atoms. The average molecular weight is 474 g/mol. The van der Waals surface area contributed by atoms with Crippen LogP contribution in [0.5, 0.6) is 0 Å². The topological polar surface area (TPSA) is 46.1 Å². The van der Waals surface area contributed by atoms with E-state index in [-0.39, 0.29) is 17.4 Å². The molecule has 0 fully saturated rings. The highest BCUT2D eigenvalue weighted by Gasteiger charge is 2.31. The first-order valence-corrected chi connectivity index (χ1v) is 11.1. The van der Waals surface area contributed by atoms with Gasteiger partial charge in [-0.05, 0) is 42.8 Å². The molecule has 0 atom stereocenters. The molecule has 2 heterocycles. The third kappa shape index (κ3) is 5.03. The Balaban J connectivity index is 1.63. The third-order valence-electron chi connectivity index (χ3n) is 5.74. The zero-order valence-electron chi connectivity index (χ0n) is 18.3. The average Bonchev–Trinajstić information content (AvgIpc) is 3.01. The van der Waals surface area contributed by atoms with E-state index in [0.717, 1.165) is 40.5 Å². The quantitative estimate of drug-likeness (QED) is 0.456. The van der Waals surface area contributed by atoms with Gasteiger partial charge in [0.15, 0.2) is 0 Å². The highest BCUT2D eigenvalue weighted by atomic mass is 35.5. The monoisotopic (exact) mass is 473 g/mol. The van der Waals surface area contributed by atoms with E-state index in [0.29, 0.717) is 31.0 Å². The van der Waals surface area contributed by atoms with Gasteiger partial charge in [0, 0.05) is 52.8 Å². The second-order valence-corrected chi connectivity index (χ2v) is 8.82. The van der Waals surface area contributed by atoms with Crippen molar-refractivity contribution in [1.82, 2.24) is 14.9 Å². The van der Waals surface area contributed by atoms with Gasteiger partial charge in [0.05, 0.1) is 11.3 Å². The van der Waals surface area contributed by atoms with Crippen LogP contribution in [0.1, 0.15) is 52.8 Å². The summed E-state index contributed by atoms with van der Waals surface area (Å²) >= 11 is 6.06. The van der Waals surface area contributed by atoms with E-state index in [1.165, 1.54) is 12.1 Å². The van der Waals surface area contributed by atoms with Gasteiger partial charge in [0.1, 0.15) is 5.82 Å². The van der Waals surface area contributed by atoms with Crippen LogP contribution >= 0.6 is 11.6 Å². The van der Waals surface area contributed by atoms with Crippen molar-refractivity contribution in [3.63, 3.8) is 0 Å². The molecule has 172 valence electrons. The summed E-state index contributed by atoms with van der Waals surface area (Å²) < 4.78 is 38.6. The number of hydrogen-bond acceptors (Lipinski definition) is 3. The standard InChI is InChI=1S/C25H23ClF3N3O/c1-15(2)23-30-21-12-14-32(24(33)17-3-7-18(8-4-17)25(27,28)29)13-11-20(21)22(31-23)16-5-9-19(26)10-6-16/h3-10,15H,11-14H2,1-2H3. The summed E-state index contributed by atoms with van der Waals surface area (Å²) in [7, 11) is 0. The highest BCUT2D eigenvalue weighted by Crippen LogP contribution is 2.31. The van der Waals surface area contributed by atoms with Gasteiger partial charge < -0.3 is 4.90 Å². The van der Waals surface area contributed by atoms with Crippen LogP contribution in [0.25, 0.3) is 11.3 Å². The van der Waals surface area contributed by atoms with Crippen LogP contribution in [0.4, 0.5) is 13.2 Å². The summed E-state index contributed by atoms with van der Waals surface area (Å²) in [5.74, 6) is 0.581. The Morgan fingerprint density at radius 1 is 0.970 bits per heavy atom. The second kappa shape index (κ2) is 9.14. The van der Waals surface area contributed by atoms with Crippen LogP contribution in [0.2, 0.25) is 5.02 Å². The molecule has 2 aromatic carbocycles. The number of carbonyl (C=O) groups excluding carboxylic acids is 1. The zero-order valence-corrected chi connectivity index (χ0v) is 19.0. The van der Waals surface area contributed by atoms with Crippen LogP contribution in [0.15, 0.2) is 48.5 Å². The maximum Gasteiger partial charge on any atom is 0.416 e. The van der Waals surface area contributed by atoms with E-state index in [4.69, 9.17) is 21.6 Å². The molecule has 0 N–H and O–H groups in total. The number of halogens is 4. The molecule has 1 amide bonds. The van der Waals surface area contributed by atoms with E-state index in [1.807, 2.05) is 38.1 Å². The minimum absolute atomic E-state index is 0.134. The number of hydrogen-bond donors (Lipinski definition) is 0. The molecule has 0 saturated heterocycles. The number of amides is 1. The minimum Gasteiger partial charge on any atom is -0.338 e. The number of alkyl halides is 3. The lowest BCUT2D eigenvalue weighted by atomic mass is 10.00. The van der Waals surface area contributed by atoms with Gasteiger partial charge in [-0.1, -0.05) is 37.6 Å². The van der Waals surface area contributed by atoms with Crippen molar-refractivity contribution < 1.29 is 18.0 Å². The number of carbonyl (C=O) groups is 1. The summed E-state index contributed by atoms with van der Waals surface area (Å²) in [6.45, 7) is 4.92. The van der Waals surface area contributed by atoms with E-state index >= 15 is 0 Å². The lowest BCUT2D eigenvalue weighted by Gasteiger charge is -2.20. The summed E-state index contributed by atoms with van der Waals surface area (Å²) in [5.41, 5.74) is 3.13. The molecule has 1 aliphatic rings. The Labute approximate surface area is 195 Å². The summed E-state index contributed by atoms with van der Waals surface area (Å²) in [5, 5.41) is 0.635. The van der Waals surface area contributed by atoms with Gasteiger partial charge in [-0.2, -0.15) is 13.2 Å². The number of aromatic nitrogens is 2. The van der Waals surface area contributed by atoms with Crippen molar-refractivity contribution in [2.45, 2.75) is 38.8 Å². The molecule has 0 spiro atoms. The highest BCUT2D eigenvalue weighted by molar-refractivity contribution is 6.30. The largest absolute Gasteiger partial charge is 0.416 e. The lowest BCUT2D eigenvalue weighted by Crippen LogP contribution is -2.33. The Morgan fingerprint density at radius 2 is 1.61 bits per heavy atom. The molecule has 1 aromatic heterocycles. The van der Waals surface area contributed by atoms with Crippen LogP contribution in [0.3, 0.4) is 0 Å². The maximum atomic E-state index is 13.0. The van der Waals surface area contributed by atoms with Crippen LogP contribution in [-0.4, -0.2) is 33.9 Å². The van der Waals surface area contributed by atoms with Gasteiger partial charge in [-0.3, -0.25) is 4.79 Å². The molecule has 0 unspecified atom stereocenters. The van der Waals surface area contributed by atoms with Crippen LogP contribution in [0, 0.1) is 0 Å². The predicted octanol–water partition coefficient (Wildman–Crippen LogP) is 6.18. The van der Waals surface area contributed by atoms with Gasteiger partial charge in [0.2, 0.25) is 0 Å². The van der Waals surface area contributed by atoms with Crippen molar-refractivity contribution in [3.05, 3.63) is 81.8 Å². The normalized spacial score (nSPS) is 14.2. The van der Waals surface area contributed by atoms with E-state index in [2.05, 4.69) is 0 Å². The molecule has 0 aliphatic carbocycles. The van der Waals surface area contributed by atoms with E-state index in [1.54, 1.807) is 4.90 Å². The van der Waals surface area contributed by atoms with Crippen molar-refractivity contribution >= 4 is 17.5 Å². The van der Waals surface area contributed by atoms with Gasteiger partial charge in [-0.15, -0.1) is 0 Å². The van der Waals surface area contributed by atoms with Crippen molar-refractivity contribution in [3.8, 4) is 11.3 Å². The summed E-state index contributed by atoms with van der Waals surface area (Å²) in [6, 6.07) is 11.8. The first-order chi connectivity index (χ1) is 15.6. The Hall–Kier alpha value is -2.93. The van der Waals surface area contributed by atoms with Gasteiger partial charge in [0.25, 0.3) is 5.91 Å². The molecule has 1 aliphatic heterocycles. The van der Waals surface area contributed by atoms with E-state index < -0.39 is 11.7 Å². The van der Waals surface area contributed by atoms with Crippen molar-refractivity contribution in [2.24, 2.45) is 0 Å². The maximum absolute atomic E-state index is 13.0. The number of fused-ring (bicyclic) bond motifs is 1. The SMILES string of the molecule is CC(C)c1nc2c(c(-c3ccc(Cl)cc3)n1)CCN(C(=O)c1ccc(C(F)(F)F)cc1)CC2. The fraction of sp³-hybridized carbons (Fsp3) is 0.320. The van der Waals surface area contributed by atoms with Gasteiger partial charge >= 0.3 is 6.18 Å². The predicted molar refractivity (Wildman–Crippen MR) is 121 cm³/mol. The zero-order chi connectivity index (χ0) is 23.8. The first-order valence-electron chi connectivity index (χ1n) is 10.8. The summed E-state index contributed by atoms with van der Waals surface area (Å²) in [6.07, 6.45) is -3.33. The molecule has 4 rings (SSSR count). The molecule has 0 radical (unpaired) electrons. The third-order valence-corrected chi connectivity index (χ3v) is 5.99. The molecule has 8 heteroatoms. The molecule has 4 nitrogen and oxygen atoms in total. The van der Waals surface area contributed by atoms with Crippen molar-refractivity contribution in [2.75, 3.05) is 13.1 Å². The molecular formula is C25H23ClF3N3O. The minimum atomic E-state index is -4.43. The Bertz CT molecular complexity index is 1160. The number of rotatable bonds is 3. The smallest absolute Gasteiger partial charge is 0.338 e. The van der Waals surface area contributed by atoms with Crippen LogP contribution < -0.4 is 0 Å². The van der Waals surface area contributed by atoms with Crippen LogP contribution in [-0.2, 0) is 19.0 Å². The molecule has 0 bridgehead atoms. The fourth-order valence-electron chi connectivity index (χ4n) is 3.91. The molecule has 0 saturated carbocycles. The van der Waals surface area contributed by atoms with E-state index in [9.17, 15) is 18.0 Å². The van der Waals surface area contributed by atoms with Gasteiger partial charge in [-0.25, -0.2) is 9.97 Å². The molecule has 3 aromatic rings. The Morgan fingerprint density at radius 3 is 2.21 bits per heavy atom. The number of nitrogens with zero attached hydrogens (tertiary/aromatic N) is 3. The van der Waals surface area contributed by atoms with Crippen molar-refractivity contribution in [1.29, 1.82) is 0 Å². The summed E-state index contributed by atoms with van der Waals surface area (Å²) in [4.78, 5) is 24.3. The lowest BCUT2D eigenvalue weighted by molar-refractivity contribution is -0.137. The second-order valence-electron chi connectivity index (χ2n) is 8.38. The first kappa shape index (κ1) is 23.2. The number of benzene rings is 2. The molecular weight excluding hydrogens is 451 g/mol. The Kier molecular flexibility index (Phi) is 6.43. The fourth-order valence-corrected chi connectivity index (χ4v) is 4.04.